The Bertz CT molecular complexity index is 76.8. The highest BCUT2D eigenvalue weighted by Gasteiger charge is 2.21. The Hall–Kier alpha value is 0.270. The van der Waals surface area contributed by atoms with Gasteiger partial charge in [0.15, 0.2) is 0 Å². The highest BCUT2D eigenvalue weighted by Crippen LogP contribution is 2.16. The molecule has 0 aromatic carbocycles. The Labute approximate surface area is 54.3 Å². The van der Waals surface area contributed by atoms with Crippen LogP contribution in [0.3, 0.4) is 0 Å². The van der Waals surface area contributed by atoms with Crippen molar-refractivity contribution in [1.29, 1.82) is 0 Å². The van der Waals surface area contributed by atoms with Crippen molar-refractivity contribution in [2.24, 2.45) is 0 Å². The lowest BCUT2D eigenvalue weighted by Crippen LogP contribution is -2.09. The van der Waals surface area contributed by atoms with Crippen LogP contribution in [0, 0.1) is 0 Å². The van der Waals surface area contributed by atoms with Crippen LogP contribution in [-0.4, -0.2) is 29.7 Å². The summed E-state index contributed by atoms with van der Waals surface area (Å²) in [5, 5.41) is 8.86. The Balaban J connectivity index is 2.22. The van der Waals surface area contributed by atoms with Crippen molar-refractivity contribution < 1.29 is 9.84 Å². The van der Waals surface area contributed by atoms with Crippen LogP contribution >= 0.6 is 12.6 Å². The molecule has 1 aliphatic rings. The highest BCUT2D eigenvalue weighted by molar-refractivity contribution is 7.81. The molecule has 1 fully saturated rings. The largest absolute Gasteiger partial charge is 0.394 e. The fourth-order valence-electron chi connectivity index (χ4n) is 0.814. The van der Waals surface area contributed by atoms with Crippen molar-refractivity contribution in [3.63, 3.8) is 0 Å². The molecule has 1 aliphatic heterocycles. The van der Waals surface area contributed by atoms with E-state index in [4.69, 9.17) is 9.84 Å². The molecule has 2 nitrogen and oxygen atoms in total. The molecule has 1 heterocycles. The maximum atomic E-state index is 8.52. The van der Waals surface area contributed by atoms with Crippen LogP contribution in [0.5, 0.6) is 0 Å². The van der Waals surface area contributed by atoms with Gasteiger partial charge >= 0.3 is 0 Å². The zero-order chi connectivity index (χ0) is 5.98. The number of thiol groups is 1. The molecule has 3 heteroatoms. The molecule has 8 heavy (non-hydrogen) atoms. The Morgan fingerprint density at radius 3 is 2.75 bits per heavy atom. The zero-order valence-electron chi connectivity index (χ0n) is 4.58. The third-order valence-corrected chi connectivity index (χ3v) is 1.62. The van der Waals surface area contributed by atoms with Gasteiger partial charge in [-0.15, -0.1) is 0 Å². The van der Waals surface area contributed by atoms with Crippen molar-refractivity contribution in [3.05, 3.63) is 0 Å². The molecule has 0 bridgehead atoms. The number of rotatable bonds is 1. The molecule has 0 aromatic rings. The van der Waals surface area contributed by atoms with Crippen LogP contribution < -0.4 is 0 Å². The van der Waals surface area contributed by atoms with Crippen LogP contribution in [0.1, 0.15) is 6.42 Å². The van der Waals surface area contributed by atoms with Crippen molar-refractivity contribution >= 4 is 12.6 Å². The van der Waals surface area contributed by atoms with Crippen molar-refractivity contribution in [2.45, 2.75) is 17.8 Å². The second-order valence-electron chi connectivity index (χ2n) is 2.03. The summed E-state index contributed by atoms with van der Waals surface area (Å²) >= 11 is 4.17. The number of ether oxygens (including phenoxy) is 1. The van der Waals surface area contributed by atoms with Gasteiger partial charge in [-0.05, 0) is 6.42 Å². The first-order valence-corrected chi connectivity index (χ1v) is 3.25. The van der Waals surface area contributed by atoms with Gasteiger partial charge in [0, 0.05) is 5.25 Å². The quantitative estimate of drug-likeness (QED) is 0.497. The topological polar surface area (TPSA) is 29.5 Å². The van der Waals surface area contributed by atoms with Crippen LogP contribution in [0.25, 0.3) is 0 Å². The van der Waals surface area contributed by atoms with E-state index in [9.17, 15) is 0 Å². The van der Waals surface area contributed by atoms with Crippen molar-refractivity contribution in [3.8, 4) is 0 Å². The molecule has 0 saturated carbocycles. The SMILES string of the molecule is OC[C@@H]1C[C@H](S)CO1. The van der Waals surface area contributed by atoms with E-state index in [0.29, 0.717) is 11.9 Å². The maximum Gasteiger partial charge on any atom is 0.0817 e. The Morgan fingerprint density at radius 1 is 1.75 bits per heavy atom. The molecular weight excluding hydrogens is 124 g/mol. The predicted molar refractivity (Wildman–Crippen MR) is 34.2 cm³/mol. The van der Waals surface area contributed by atoms with E-state index in [1.807, 2.05) is 0 Å². The molecule has 0 radical (unpaired) electrons. The van der Waals surface area contributed by atoms with E-state index < -0.39 is 0 Å². The molecule has 48 valence electrons. The van der Waals surface area contributed by atoms with Crippen LogP contribution in [0.4, 0.5) is 0 Å². The maximum absolute atomic E-state index is 8.52. The smallest absolute Gasteiger partial charge is 0.0817 e. The normalized spacial score (nSPS) is 38.2. The first kappa shape index (κ1) is 6.39. The monoisotopic (exact) mass is 134 g/mol. The molecule has 0 aromatic heterocycles. The molecule has 1 saturated heterocycles. The summed E-state index contributed by atoms with van der Waals surface area (Å²) in [6, 6.07) is 0. The van der Waals surface area contributed by atoms with Gasteiger partial charge < -0.3 is 9.84 Å². The standard InChI is InChI=1S/C5H10O2S/c6-2-4-1-5(8)3-7-4/h4-6,8H,1-3H2/t4-,5-/m0/s1. The minimum atomic E-state index is 0.0532. The van der Waals surface area contributed by atoms with E-state index in [-0.39, 0.29) is 12.7 Å². The first-order valence-electron chi connectivity index (χ1n) is 2.73. The van der Waals surface area contributed by atoms with E-state index in [1.165, 1.54) is 0 Å². The molecule has 0 spiro atoms. The van der Waals surface area contributed by atoms with E-state index in [2.05, 4.69) is 12.6 Å². The van der Waals surface area contributed by atoms with Gasteiger partial charge in [-0.1, -0.05) is 0 Å². The van der Waals surface area contributed by atoms with Gasteiger partial charge in [0.1, 0.15) is 0 Å². The molecule has 0 aliphatic carbocycles. The molecule has 0 unspecified atom stereocenters. The van der Waals surface area contributed by atoms with Gasteiger partial charge in [-0.2, -0.15) is 12.6 Å². The lowest BCUT2D eigenvalue weighted by atomic mass is 10.2. The molecular formula is C5H10O2S. The first-order chi connectivity index (χ1) is 3.83. The number of hydrogen-bond donors (Lipinski definition) is 2. The number of hydrogen-bond acceptors (Lipinski definition) is 3. The number of aliphatic hydroxyl groups excluding tert-OH is 1. The third-order valence-electron chi connectivity index (χ3n) is 1.26. The van der Waals surface area contributed by atoms with E-state index >= 15 is 0 Å². The zero-order valence-corrected chi connectivity index (χ0v) is 5.47. The summed E-state index contributed by atoms with van der Waals surface area (Å²) < 4.78 is 5.09. The minimum Gasteiger partial charge on any atom is -0.394 e. The molecule has 1 rings (SSSR count). The second kappa shape index (κ2) is 2.71. The average molecular weight is 134 g/mol. The fourth-order valence-corrected chi connectivity index (χ4v) is 1.14. The van der Waals surface area contributed by atoms with Gasteiger partial charge in [0.25, 0.3) is 0 Å². The van der Waals surface area contributed by atoms with Gasteiger partial charge in [0.05, 0.1) is 19.3 Å². The molecule has 0 amide bonds. The summed E-state index contributed by atoms with van der Waals surface area (Å²) in [7, 11) is 0. The highest BCUT2D eigenvalue weighted by atomic mass is 32.1. The van der Waals surface area contributed by atoms with E-state index in [0.717, 1.165) is 6.42 Å². The second-order valence-corrected chi connectivity index (χ2v) is 2.76. The van der Waals surface area contributed by atoms with Crippen LogP contribution in [-0.2, 0) is 4.74 Å². The van der Waals surface area contributed by atoms with Gasteiger partial charge in [-0.3, -0.25) is 0 Å². The number of aliphatic hydroxyl groups is 1. The van der Waals surface area contributed by atoms with Crippen LogP contribution in [0.15, 0.2) is 0 Å². The van der Waals surface area contributed by atoms with E-state index in [1.54, 1.807) is 0 Å². The predicted octanol–water partition coefficient (Wildman–Crippen LogP) is 0.0660. The van der Waals surface area contributed by atoms with Crippen molar-refractivity contribution in [1.82, 2.24) is 0 Å². The average Bonchev–Trinajstić information content (AvgIpc) is 2.14. The Kier molecular flexibility index (Phi) is 2.16. The molecule has 1 N–H and O–H groups in total. The lowest BCUT2D eigenvalue weighted by molar-refractivity contribution is 0.0593. The summed E-state index contributed by atoms with van der Waals surface area (Å²) in [5.41, 5.74) is 0. The fraction of sp³-hybridized carbons (Fsp3) is 1.00. The van der Waals surface area contributed by atoms with Crippen molar-refractivity contribution in [2.75, 3.05) is 13.2 Å². The summed E-state index contributed by atoms with van der Waals surface area (Å²) in [4.78, 5) is 0. The third kappa shape index (κ3) is 1.37. The van der Waals surface area contributed by atoms with Gasteiger partial charge in [-0.25, -0.2) is 0 Å². The lowest BCUT2D eigenvalue weighted by Gasteiger charge is -2.00. The molecule has 2 atom stereocenters. The minimum absolute atomic E-state index is 0.0532. The van der Waals surface area contributed by atoms with Crippen LogP contribution in [0.2, 0.25) is 0 Å². The summed E-state index contributed by atoms with van der Waals surface area (Å²) in [6.45, 7) is 0.825. The summed E-state index contributed by atoms with van der Waals surface area (Å²) in [5.74, 6) is 0. The Morgan fingerprint density at radius 2 is 2.50 bits per heavy atom. The summed E-state index contributed by atoms with van der Waals surface area (Å²) in [6.07, 6.45) is 0.942. The van der Waals surface area contributed by atoms with Gasteiger partial charge in [0.2, 0.25) is 0 Å².